The van der Waals surface area contributed by atoms with Crippen molar-refractivity contribution in [3.8, 4) is 0 Å². The summed E-state index contributed by atoms with van der Waals surface area (Å²) in [7, 11) is 0. The molecular weight excluding hydrogens is 264 g/mol. The average molecular weight is 277 g/mol. The summed E-state index contributed by atoms with van der Waals surface area (Å²) in [6.07, 6.45) is 0.628. The second kappa shape index (κ2) is 4.94. The molecule has 0 saturated carbocycles. The molecule has 1 N–H and O–H groups in total. The number of carboxylic acids is 1. The Hall–Kier alpha value is -0.350. The molecule has 1 rings (SSSR count). The highest BCUT2D eigenvalue weighted by atomic mass is 79.9. The minimum Gasteiger partial charge on any atom is -0.481 e. The van der Waals surface area contributed by atoms with Crippen molar-refractivity contribution in [2.75, 3.05) is 0 Å². The van der Waals surface area contributed by atoms with Crippen molar-refractivity contribution in [2.24, 2.45) is 11.8 Å². The van der Waals surface area contributed by atoms with E-state index in [4.69, 9.17) is 5.11 Å². The predicted molar refractivity (Wildman–Crippen MR) is 61.7 cm³/mol. The van der Waals surface area contributed by atoms with Gasteiger partial charge in [0.05, 0.1) is 9.70 Å². The molecule has 1 aromatic heterocycles. The van der Waals surface area contributed by atoms with Crippen molar-refractivity contribution in [1.29, 1.82) is 0 Å². The highest BCUT2D eigenvalue weighted by Gasteiger charge is 2.22. The van der Waals surface area contributed by atoms with Crippen molar-refractivity contribution < 1.29 is 9.90 Å². The first kappa shape index (κ1) is 11.7. The Morgan fingerprint density at radius 2 is 2.21 bits per heavy atom. The summed E-state index contributed by atoms with van der Waals surface area (Å²) in [4.78, 5) is 12.1. The van der Waals surface area contributed by atoms with Gasteiger partial charge in [-0.05, 0) is 40.4 Å². The molecule has 2 nitrogen and oxygen atoms in total. The summed E-state index contributed by atoms with van der Waals surface area (Å²) < 4.78 is 1.06. The lowest BCUT2D eigenvalue weighted by atomic mass is 9.92. The van der Waals surface area contributed by atoms with E-state index in [1.54, 1.807) is 11.3 Å². The minimum atomic E-state index is -0.704. The molecule has 1 unspecified atom stereocenters. The van der Waals surface area contributed by atoms with Gasteiger partial charge in [-0.3, -0.25) is 4.79 Å². The highest BCUT2D eigenvalue weighted by Crippen LogP contribution is 2.26. The van der Waals surface area contributed by atoms with Crippen LogP contribution in [0.4, 0.5) is 0 Å². The minimum absolute atomic E-state index is 0.174. The average Bonchev–Trinajstić information content (AvgIpc) is 2.46. The lowest BCUT2D eigenvalue weighted by molar-refractivity contribution is -0.143. The molecular formula is C10H13BrO2S. The maximum atomic E-state index is 10.9. The third kappa shape index (κ3) is 3.10. The summed E-state index contributed by atoms with van der Waals surface area (Å²) in [6.45, 7) is 3.89. The smallest absolute Gasteiger partial charge is 0.307 e. The zero-order valence-electron chi connectivity index (χ0n) is 8.16. The second-order valence-corrected chi connectivity index (χ2v) is 6.15. The summed E-state index contributed by atoms with van der Waals surface area (Å²) in [5.74, 6) is -0.807. The second-order valence-electron chi connectivity index (χ2n) is 3.60. The van der Waals surface area contributed by atoms with Crippen LogP contribution < -0.4 is 0 Å². The Kier molecular flexibility index (Phi) is 4.13. The Labute approximate surface area is 96.1 Å². The van der Waals surface area contributed by atoms with Gasteiger partial charge in [0.15, 0.2) is 0 Å². The molecule has 0 fully saturated rings. The van der Waals surface area contributed by atoms with E-state index >= 15 is 0 Å². The third-order valence-electron chi connectivity index (χ3n) is 2.17. The maximum absolute atomic E-state index is 10.9. The summed E-state index contributed by atoms with van der Waals surface area (Å²) in [6, 6.07) is 3.94. The van der Waals surface area contributed by atoms with Crippen LogP contribution >= 0.6 is 27.3 Å². The van der Waals surface area contributed by atoms with Gasteiger partial charge < -0.3 is 5.11 Å². The van der Waals surface area contributed by atoms with Crippen LogP contribution in [0.1, 0.15) is 18.7 Å². The quantitative estimate of drug-likeness (QED) is 0.915. The Balaban J connectivity index is 2.69. The van der Waals surface area contributed by atoms with Crippen molar-refractivity contribution in [3.05, 3.63) is 20.8 Å². The number of rotatable bonds is 4. The van der Waals surface area contributed by atoms with Gasteiger partial charge in [-0.2, -0.15) is 0 Å². The zero-order valence-corrected chi connectivity index (χ0v) is 10.6. The third-order valence-corrected chi connectivity index (χ3v) is 3.82. The van der Waals surface area contributed by atoms with Crippen LogP contribution in [0.5, 0.6) is 0 Å². The van der Waals surface area contributed by atoms with Gasteiger partial charge in [0.1, 0.15) is 0 Å². The molecule has 14 heavy (non-hydrogen) atoms. The number of thiophene rings is 1. The zero-order chi connectivity index (χ0) is 10.7. The SMILES string of the molecule is CC(C)C(Cc1ccc(Br)s1)C(=O)O. The van der Waals surface area contributed by atoms with E-state index in [1.807, 2.05) is 26.0 Å². The van der Waals surface area contributed by atoms with Crippen LogP contribution in [-0.2, 0) is 11.2 Å². The summed E-state index contributed by atoms with van der Waals surface area (Å²) in [5.41, 5.74) is 0. The van der Waals surface area contributed by atoms with Crippen LogP contribution in [0.3, 0.4) is 0 Å². The van der Waals surface area contributed by atoms with Gasteiger partial charge in [0.2, 0.25) is 0 Å². The largest absolute Gasteiger partial charge is 0.481 e. The van der Waals surface area contributed by atoms with Crippen molar-refractivity contribution >= 4 is 33.2 Å². The number of halogens is 1. The van der Waals surface area contributed by atoms with Gasteiger partial charge in [0, 0.05) is 4.88 Å². The molecule has 0 spiro atoms. The predicted octanol–water partition coefficient (Wildman–Crippen LogP) is 3.41. The first-order valence-corrected chi connectivity index (χ1v) is 6.08. The van der Waals surface area contributed by atoms with Gasteiger partial charge in [0.25, 0.3) is 0 Å². The molecule has 1 heterocycles. The van der Waals surface area contributed by atoms with Crippen LogP contribution in [0.15, 0.2) is 15.9 Å². The first-order valence-electron chi connectivity index (χ1n) is 4.47. The fourth-order valence-electron chi connectivity index (χ4n) is 1.29. The molecule has 0 aliphatic carbocycles. The number of carbonyl (C=O) groups is 1. The number of aliphatic carboxylic acids is 1. The monoisotopic (exact) mass is 276 g/mol. The Morgan fingerprint density at radius 3 is 2.57 bits per heavy atom. The van der Waals surface area contributed by atoms with Gasteiger partial charge in [-0.25, -0.2) is 0 Å². The van der Waals surface area contributed by atoms with Crippen LogP contribution in [-0.4, -0.2) is 11.1 Å². The Morgan fingerprint density at radius 1 is 1.57 bits per heavy atom. The van der Waals surface area contributed by atoms with E-state index in [2.05, 4.69) is 15.9 Å². The fraction of sp³-hybridized carbons (Fsp3) is 0.500. The lowest BCUT2D eigenvalue weighted by Crippen LogP contribution is -2.21. The van der Waals surface area contributed by atoms with Crippen LogP contribution in [0, 0.1) is 11.8 Å². The Bertz CT molecular complexity index is 320. The number of carboxylic acid groups (broad SMARTS) is 1. The van der Waals surface area contributed by atoms with E-state index in [9.17, 15) is 4.79 Å². The topological polar surface area (TPSA) is 37.3 Å². The van der Waals surface area contributed by atoms with Crippen LogP contribution in [0.25, 0.3) is 0 Å². The molecule has 0 radical (unpaired) electrons. The molecule has 0 bridgehead atoms. The molecule has 1 aromatic rings. The highest BCUT2D eigenvalue weighted by molar-refractivity contribution is 9.11. The van der Waals surface area contributed by atoms with E-state index in [1.165, 1.54) is 0 Å². The number of hydrogen-bond acceptors (Lipinski definition) is 2. The van der Waals surface area contributed by atoms with Crippen molar-refractivity contribution in [2.45, 2.75) is 20.3 Å². The van der Waals surface area contributed by atoms with Crippen molar-refractivity contribution in [3.63, 3.8) is 0 Å². The summed E-state index contributed by atoms with van der Waals surface area (Å²) in [5, 5.41) is 9.00. The molecule has 1 atom stereocenters. The van der Waals surface area contributed by atoms with Crippen LogP contribution in [0.2, 0.25) is 0 Å². The number of hydrogen-bond donors (Lipinski definition) is 1. The normalized spacial score (nSPS) is 13.1. The lowest BCUT2D eigenvalue weighted by Gasteiger charge is -2.14. The molecule has 0 amide bonds. The van der Waals surface area contributed by atoms with E-state index < -0.39 is 5.97 Å². The van der Waals surface area contributed by atoms with Gasteiger partial charge in [-0.1, -0.05) is 13.8 Å². The van der Waals surface area contributed by atoms with E-state index in [0.717, 1.165) is 8.66 Å². The molecule has 0 aromatic carbocycles. The summed E-state index contributed by atoms with van der Waals surface area (Å²) >= 11 is 4.97. The fourth-order valence-corrected chi connectivity index (χ4v) is 2.83. The van der Waals surface area contributed by atoms with Gasteiger partial charge in [-0.15, -0.1) is 11.3 Å². The van der Waals surface area contributed by atoms with E-state index in [0.29, 0.717) is 6.42 Å². The molecule has 0 saturated heterocycles. The van der Waals surface area contributed by atoms with Gasteiger partial charge >= 0.3 is 5.97 Å². The molecule has 0 aliphatic heterocycles. The molecule has 4 heteroatoms. The molecule has 78 valence electrons. The molecule has 0 aliphatic rings. The van der Waals surface area contributed by atoms with Crippen molar-refractivity contribution in [1.82, 2.24) is 0 Å². The standard InChI is InChI=1S/C10H13BrO2S/c1-6(2)8(10(12)13)5-7-3-4-9(11)14-7/h3-4,6,8H,5H2,1-2H3,(H,12,13). The maximum Gasteiger partial charge on any atom is 0.307 e. The first-order chi connectivity index (χ1) is 6.50. The van der Waals surface area contributed by atoms with E-state index in [-0.39, 0.29) is 11.8 Å².